The minimum absolute atomic E-state index is 0.0351. The van der Waals surface area contributed by atoms with Gasteiger partial charge in [0.2, 0.25) is 11.8 Å². The van der Waals surface area contributed by atoms with Gasteiger partial charge in [0.05, 0.1) is 32.9 Å². The number of benzene rings is 1. The van der Waals surface area contributed by atoms with Crippen molar-refractivity contribution in [2.24, 2.45) is 0 Å². The molecule has 2 amide bonds. The van der Waals surface area contributed by atoms with Gasteiger partial charge in [-0.2, -0.15) is 16.9 Å². The van der Waals surface area contributed by atoms with Crippen LogP contribution in [0.2, 0.25) is 0 Å². The fraction of sp³-hybridized carbons (Fsp3) is 0.450. The Balaban J connectivity index is 1.71. The van der Waals surface area contributed by atoms with Gasteiger partial charge >= 0.3 is 0 Å². The Bertz CT molecular complexity index is 915. The van der Waals surface area contributed by atoms with Crippen LogP contribution in [-0.2, 0) is 38.8 Å². The van der Waals surface area contributed by atoms with Crippen molar-refractivity contribution in [3.8, 4) is 11.5 Å². The van der Waals surface area contributed by atoms with E-state index in [-0.39, 0.29) is 24.8 Å². The third-order valence-corrected chi connectivity index (χ3v) is 5.58. The number of carbonyl (C=O) groups is 2. The first-order valence-corrected chi connectivity index (χ1v) is 10.6. The number of nitrogens with zero attached hydrogens (tertiary/aromatic N) is 2. The van der Waals surface area contributed by atoms with E-state index >= 15 is 0 Å². The molecule has 10 heteroatoms. The number of hydrogen-bond acceptors (Lipinski definition) is 7. The van der Waals surface area contributed by atoms with Crippen molar-refractivity contribution in [2.45, 2.75) is 24.5 Å². The minimum atomic E-state index is -0.192. The van der Waals surface area contributed by atoms with Crippen LogP contribution in [0.1, 0.15) is 16.8 Å². The largest absolute Gasteiger partial charge is 0.493 e. The lowest BCUT2D eigenvalue weighted by molar-refractivity contribution is -0.122. The average Bonchev–Trinajstić information content (AvgIpc) is 3.30. The lowest BCUT2D eigenvalue weighted by Crippen LogP contribution is -2.31. The zero-order valence-corrected chi connectivity index (χ0v) is 18.1. The Kier molecular flexibility index (Phi) is 7.58. The topological polar surface area (TPSA) is 104 Å². The molecular formula is C20H26N4O5S. The maximum Gasteiger partial charge on any atom is 0.241 e. The Morgan fingerprint density at radius 1 is 1.13 bits per heavy atom. The number of aromatic nitrogens is 2. The van der Waals surface area contributed by atoms with Gasteiger partial charge in [-0.15, -0.1) is 0 Å². The summed E-state index contributed by atoms with van der Waals surface area (Å²) in [4.78, 5) is 24.9. The van der Waals surface area contributed by atoms with Crippen molar-refractivity contribution < 1.29 is 23.8 Å². The monoisotopic (exact) mass is 434 g/mol. The van der Waals surface area contributed by atoms with E-state index in [1.165, 1.54) is 0 Å². The maximum atomic E-state index is 12.7. The number of thioether (sulfide) groups is 1. The van der Waals surface area contributed by atoms with Crippen LogP contribution in [0, 0.1) is 0 Å². The number of fused-ring (bicyclic) bond motifs is 1. The molecule has 30 heavy (non-hydrogen) atoms. The van der Waals surface area contributed by atoms with Gasteiger partial charge in [0.1, 0.15) is 12.4 Å². The lowest BCUT2D eigenvalue weighted by atomic mass is 10.1. The number of anilines is 1. The Morgan fingerprint density at radius 3 is 2.67 bits per heavy atom. The van der Waals surface area contributed by atoms with E-state index in [4.69, 9.17) is 14.2 Å². The van der Waals surface area contributed by atoms with Crippen molar-refractivity contribution in [3.63, 3.8) is 0 Å². The maximum absolute atomic E-state index is 12.7. The van der Waals surface area contributed by atoms with E-state index in [2.05, 4.69) is 15.7 Å². The SMILES string of the molecule is COCCNC(=O)Cn1nc2c(c1NC(=O)Cc1ccc(OC)c(OC)c1)CSC2. The Labute approximate surface area is 179 Å². The van der Waals surface area contributed by atoms with Crippen molar-refractivity contribution in [1.82, 2.24) is 15.1 Å². The summed E-state index contributed by atoms with van der Waals surface area (Å²) in [6.07, 6.45) is 0.160. The van der Waals surface area contributed by atoms with Gasteiger partial charge in [0, 0.05) is 30.7 Å². The highest BCUT2D eigenvalue weighted by atomic mass is 32.2. The normalized spacial score (nSPS) is 12.4. The van der Waals surface area contributed by atoms with Gasteiger partial charge in [0.25, 0.3) is 0 Å². The fourth-order valence-electron chi connectivity index (χ4n) is 3.16. The van der Waals surface area contributed by atoms with Gasteiger partial charge in [-0.05, 0) is 17.7 Å². The average molecular weight is 435 g/mol. The molecule has 2 aromatic rings. The lowest BCUT2D eigenvalue weighted by Gasteiger charge is -2.12. The molecule has 0 spiro atoms. The third kappa shape index (κ3) is 5.25. The molecule has 162 valence electrons. The first kappa shape index (κ1) is 22.0. The summed E-state index contributed by atoms with van der Waals surface area (Å²) in [7, 11) is 4.70. The molecule has 9 nitrogen and oxygen atoms in total. The molecule has 0 saturated heterocycles. The van der Waals surface area contributed by atoms with E-state index in [0.717, 1.165) is 28.3 Å². The predicted molar refractivity (Wildman–Crippen MR) is 114 cm³/mol. The fourth-order valence-corrected chi connectivity index (χ4v) is 4.19. The summed E-state index contributed by atoms with van der Waals surface area (Å²) in [5.74, 6) is 2.91. The molecule has 0 bridgehead atoms. The smallest absolute Gasteiger partial charge is 0.241 e. The highest BCUT2D eigenvalue weighted by Crippen LogP contribution is 2.35. The van der Waals surface area contributed by atoms with Crippen LogP contribution in [0.3, 0.4) is 0 Å². The first-order valence-electron chi connectivity index (χ1n) is 9.48. The van der Waals surface area contributed by atoms with Crippen LogP contribution in [0.25, 0.3) is 0 Å². The van der Waals surface area contributed by atoms with Gasteiger partial charge in [-0.25, -0.2) is 4.68 Å². The molecule has 0 saturated carbocycles. The summed E-state index contributed by atoms with van der Waals surface area (Å²) < 4.78 is 17.0. The van der Waals surface area contributed by atoms with Crippen molar-refractivity contribution in [2.75, 3.05) is 39.8 Å². The third-order valence-electron chi connectivity index (χ3n) is 4.61. The molecule has 0 fully saturated rings. The molecular weight excluding hydrogens is 408 g/mol. The number of methoxy groups -OCH3 is 3. The molecule has 1 aliphatic heterocycles. The van der Waals surface area contributed by atoms with Gasteiger partial charge in [-0.1, -0.05) is 6.07 Å². The predicted octanol–water partition coefficient (Wildman–Crippen LogP) is 1.59. The molecule has 0 aliphatic carbocycles. The molecule has 3 rings (SSSR count). The Hall–Kier alpha value is -2.72. The minimum Gasteiger partial charge on any atom is -0.493 e. The van der Waals surface area contributed by atoms with E-state index in [0.29, 0.717) is 30.5 Å². The second-order valence-electron chi connectivity index (χ2n) is 6.68. The number of amides is 2. The van der Waals surface area contributed by atoms with Gasteiger partial charge in [-0.3, -0.25) is 9.59 Å². The molecule has 2 heterocycles. The number of hydrogen-bond donors (Lipinski definition) is 2. The van der Waals surface area contributed by atoms with Crippen LogP contribution in [0.4, 0.5) is 5.82 Å². The summed E-state index contributed by atoms with van der Waals surface area (Å²) in [5.41, 5.74) is 2.68. The van der Waals surface area contributed by atoms with Gasteiger partial charge in [0.15, 0.2) is 11.5 Å². The molecule has 0 radical (unpaired) electrons. The number of carbonyl (C=O) groups excluding carboxylic acids is 2. The van der Waals surface area contributed by atoms with Crippen molar-refractivity contribution in [3.05, 3.63) is 35.0 Å². The quantitative estimate of drug-likeness (QED) is 0.547. The summed E-state index contributed by atoms with van der Waals surface area (Å²) in [6, 6.07) is 5.37. The molecule has 0 unspecified atom stereocenters. The van der Waals surface area contributed by atoms with E-state index in [9.17, 15) is 9.59 Å². The summed E-state index contributed by atoms with van der Waals surface area (Å²) >= 11 is 1.73. The Morgan fingerprint density at radius 2 is 1.93 bits per heavy atom. The van der Waals surface area contributed by atoms with Crippen LogP contribution in [0.5, 0.6) is 11.5 Å². The zero-order valence-electron chi connectivity index (χ0n) is 17.3. The highest BCUT2D eigenvalue weighted by molar-refractivity contribution is 7.98. The van der Waals surface area contributed by atoms with Crippen molar-refractivity contribution in [1.29, 1.82) is 0 Å². The standard InChI is InChI=1S/C20H26N4O5S/c1-27-7-6-21-19(26)10-24-20(14-11-30-12-15(14)23-24)22-18(25)9-13-4-5-16(28-2)17(8-13)29-3/h4-5,8H,6-7,9-12H2,1-3H3,(H,21,26)(H,22,25). The van der Waals surface area contributed by atoms with E-state index < -0.39 is 0 Å². The van der Waals surface area contributed by atoms with E-state index in [1.807, 2.05) is 6.07 Å². The summed E-state index contributed by atoms with van der Waals surface area (Å²) in [5, 5.41) is 10.2. The molecule has 0 atom stereocenters. The molecule has 2 N–H and O–H groups in total. The van der Waals surface area contributed by atoms with Crippen molar-refractivity contribution >= 4 is 29.4 Å². The molecule has 1 aromatic carbocycles. The molecule has 1 aromatic heterocycles. The number of nitrogens with one attached hydrogen (secondary N) is 2. The van der Waals surface area contributed by atoms with Crippen LogP contribution in [-0.4, -0.2) is 56.1 Å². The molecule has 1 aliphatic rings. The second kappa shape index (κ2) is 10.4. The number of ether oxygens (including phenoxy) is 3. The van der Waals surface area contributed by atoms with Gasteiger partial charge < -0.3 is 24.8 Å². The second-order valence-corrected chi connectivity index (χ2v) is 7.67. The van der Waals surface area contributed by atoms with Crippen LogP contribution >= 0.6 is 11.8 Å². The van der Waals surface area contributed by atoms with Crippen LogP contribution in [0.15, 0.2) is 18.2 Å². The highest BCUT2D eigenvalue weighted by Gasteiger charge is 2.25. The van der Waals surface area contributed by atoms with E-state index in [1.54, 1.807) is 49.9 Å². The van der Waals surface area contributed by atoms with Crippen LogP contribution < -0.4 is 20.1 Å². The zero-order chi connectivity index (χ0) is 21.5. The summed E-state index contributed by atoms with van der Waals surface area (Å²) in [6.45, 7) is 0.896. The first-order chi connectivity index (χ1) is 14.5. The number of rotatable bonds is 10.